The number of rotatable bonds is 9. The second kappa shape index (κ2) is 9.73. The van der Waals surface area contributed by atoms with Crippen LogP contribution >= 0.6 is 0 Å². The molecule has 0 N–H and O–H groups in total. The Balaban J connectivity index is 2.31. The zero-order chi connectivity index (χ0) is 21.6. The first kappa shape index (κ1) is 22.7. The maximum Gasteiger partial charge on any atom is 0.309 e. The standard InChI is InChI=1S/C21H26FNO5S/c1-5-29(25,26)28-20-12-17(8-11-19(20)27-4)14-23(21(24)15(2)3)13-16-6-9-18(22)10-7-16/h6-12,15H,5,13-14H2,1-4H3. The molecule has 29 heavy (non-hydrogen) atoms. The molecule has 0 aliphatic rings. The minimum Gasteiger partial charge on any atom is -0.493 e. The van der Waals surface area contributed by atoms with Crippen LogP contribution in [0.3, 0.4) is 0 Å². The molecule has 1 amide bonds. The van der Waals surface area contributed by atoms with E-state index in [9.17, 15) is 17.6 Å². The molecule has 2 aromatic carbocycles. The molecule has 0 saturated carbocycles. The molecule has 0 bridgehead atoms. The molecule has 0 radical (unpaired) electrons. The van der Waals surface area contributed by atoms with Gasteiger partial charge in [-0.2, -0.15) is 8.42 Å². The molecule has 0 heterocycles. The summed E-state index contributed by atoms with van der Waals surface area (Å²) in [5.74, 6) is -0.469. The quantitative estimate of drug-likeness (QED) is 0.575. The van der Waals surface area contributed by atoms with Crippen molar-refractivity contribution in [1.82, 2.24) is 4.90 Å². The highest BCUT2D eigenvalue weighted by Gasteiger charge is 2.20. The molecule has 0 aromatic heterocycles. The molecule has 0 aliphatic heterocycles. The lowest BCUT2D eigenvalue weighted by Gasteiger charge is -2.25. The number of halogens is 1. The van der Waals surface area contributed by atoms with E-state index < -0.39 is 10.1 Å². The zero-order valence-corrected chi connectivity index (χ0v) is 17.8. The van der Waals surface area contributed by atoms with Crippen molar-refractivity contribution in [2.45, 2.75) is 33.9 Å². The summed E-state index contributed by atoms with van der Waals surface area (Å²) >= 11 is 0. The van der Waals surface area contributed by atoms with Crippen LogP contribution < -0.4 is 8.92 Å². The number of benzene rings is 2. The number of hydrogen-bond donors (Lipinski definition) is 0. The van der Waals surface area contributed by atoms with Crippen LogP contribution in [0.25, 0.3) is 0 Å². The maximum absolute atomic E-state index is 13.2. The predicted molar refractivity (Wildman–Crippen MR) is 109 cm³/mol. The average Bonchev–Trinajstić information content (AvgIpc) is 2.68. The predicted octanol–water partition coefficient (Wildman–Crippen LogP) is 3.75. The van der Waals surface area contributed by atoms with Crippen LogP contribution in [-0.4, -0.2) is 32.1 Å². The maximum atomic E-state index is 13.2. The van der Waals surface area contributed by atoms with Gasteiger partial charge >= 0.3 is 10.1 Å². The van der Waals surface area contributed by atoms with Gasteiger partial charge in [0.2, 0.25) is 5.91 Å². The molecule has 8 heteroatoms. The number of nitrogens with zero attached hydrogens (tertiary/aromatic N) is 1. The van der Waals surface area contributed by atoms with E-state index in [1.807, 2.05) is 0 Å². The van der Waals surface area contributed by atoms with E-state index in [1.165, 1.54) is 26.2 Å². The molecule has 0 fully saturated rings. The minimum absolute atomic E-state index is 0.0746. The fourth-order valence-electron chi connectivity index (χ4n) is 2.69. The normalized spacial score (nSPS) is 11.4. The van der Waals surface area contributed by atoms with E-state index in [2.05, 4.69) is 0 Å². The van der Waals surface area contributed by atoms with Gasteiger partial charge in [0.15, 0.2) is 11.5 Å². The molecular weight excluding hydrogens is 397 g/mol. The molecule has 0 saturated heterocycles. The largest absolute Gasteiger partial charge is 0.493 e. The topological polar surface area (TPSA) is 72.9 Å². The van der Waals surface area contributed by atoms with Crippen LogP contribution in [0.5, 0.6) is 11.5 Å². The third-order valence-corrected chi connectivity index (χ3v) is 5.40. The minimum atomic E-state index is -3.73. The molecule has 2 rings (SSSR count). The summed E-state index contributed by atoms with van der Waals surface area (Å²) in [4.78, 5) is 14.3. The van der Waals surface area contributed by atoms with E-state index in [1.54, 1.807) is 49.1 Å². The average molecular weight is 424 g/mol. The van der Waals surface area contributed by atoms with Gasteiger partial charge < -0.3 is 13.8 Å². The van der Waals surface area contributed by atoms with Gasteiger partial charge in [-0.05, 0) is 42.3 Å². The Kier molecular flexibility index (Phi) is 7.61. The van der Waals surface area contributed by atoms with Crippen molar-refractivity contribution in [2.24, 2.45) is 5.92 Å². The third-order valence-electron chi connectivity index (χ3n) is 4.26. The number of methoxy groups -OCH3 is 1. The van der Waals surface area contributed by atoms with Crippen LogP contribution in [0.2, 0.25) is 0 Å². The van der Waals surface area contributed by atoms with Gasteiger partial charge in [0.1, 0.15) is 5.82 Å². The first-order valence-electron chi connectivity index (χ1n) is 9.27. The van der Waals surface area contributed by atoms with Crippen molar-refractivity contribution < 1.29 is 26.5 Å². The van der Waals surface area contributed by atoms with Crippen LogP contribution in [0.4, 0.5) is 4.39 Å². The number of amides is 1. The van der Waals surface area contributed by atoms with Crippen LogP contribution in [0, 0.1) is 11.7 Å². The Morgan fingerprint density at radius 2 is 1.62 bits per heavy atom. The summed E-state index contributed by atoms with van der Waals surface area (Å²) in [5, 5.41) is 0. The Morgan fingerprint density at radius 1 is 1.03 bits per heavy atom. The first-order chi connectivity index (χ1) is 13.6. The van der Waals surface area contributed by atoms with Crippen LogP contribution in [0.1, 0.15) is 31.9 Å². The van der Waals surface area contributed by atoms with Crippen molar-refractivity contribution in [3.63, 3.8) is 0 Å². The summed E-state index contributed by atoms with van der Waals surface area (Å²) in [5.41, 5.74) is 1.47. The van der Waals surface area contributed by atoms with E-state index in [-0.39, 0.29) is 41.4 Å². The van der Waals surface area contributed by atoms with Gasteiger partial charge in [-0.3, -0.25) is 4.79 Å². The number of carbonyl (C=O) groups is 1. The Labute approximate surface area is 171 Å². The lowest BCUT2D eigenvalue weighted by Crippen LogP contribution is -2.33. The summed E-state index contributed by atoms with van der Waals surface area (Å²) < 4.78 is 47.2. The van der Waals surface area contributed by atoms with Crippen molar-refractivity contribution in [3.8, 4) is 11.5 Å². The fraction of sp³-hybridized carbons (Fsp3) is 0.381. The summed E-state index contributed by atoms with van der Waals surface area (Å²) in [6, 6.07) is 10.9. The van der Waals surface area contributed by atoms with Crippen LogP contribution in [0.15, 0.2) is 42.5 Å². The highest BCUT2D eigenvalue weighted by Crippen LogP contribution is 2.30. The fourth-order valence-corrected chi connectivity index (χ4v) is 3.21. The zero-order valence-electron chi connectivity index (χ0n) is 17.0. The number of carbonyl (C=O) groups excluding carboxylic acids is 1. The van der Waals surface area contributed by atoms with E-state index >= 15 is 0 Å². The lowest BCUT2D eigenvalue weighted by atomic mass is 10.1. The van der Waals surface area contributed by atoms with Gasteiger partial charge in [0.05, 0.1) is 12.9 Å². The number of ether oxygens (including phenoxy) is 1. The highest BCUT2D eigenvalue weighted by molar-refractivity contribution is 7.87. The first-order valence-corrected chi connectivity index (χ1v) is 10.8. The van der Waals surface area contributed by atoms with Gasteiger partial charge in [0, 0.05) is 19.0 Å². The second-order valence-corrected chi connectivity index (χ2v) is 8.75. The summed E-state index contributed by atoms with van der Waals surface area (Å²) in [7, 11) is -2.31. The van der Waals surface area contributed by atoms with Crippen molar-refractivity contribution in [3.05, 3.63) is 59.4 Å². The molecular formula is C21H26FNO5S. The Bertz CT molecular complexity index is 942. The number of hydrogen-bond acceptors (Lipinski definition) is 5. The van der Waals surface area contributed by atoms with Gasteiger partial charge in [-0.1, -0.05) is 32.0 Å². The van der Waals surface area contributed by atoms with E-state index in [0.29, 0.717) is 12.1 Å². The highest BCUT2D eigenvalue weighted by atomic mass is 32.2. The Hall–Kier alpha value is -2.61. The van der Waals surface area contributed by atoms with E-state index in [4.69, 9.17) is 8.92 Å². The second-order valence-electron chi connectivity index (χ2n) is 6.89. The molecule has 158 valence electrons. The smallest absolute Gasteiger partial charge is 0.309 e. The van der Waals surface area contributed by atoms with E-state index in [0.717, 1.165) is 5.56 Å². The molecule has 2 aromatic rings. The monoisotopic (exact) mass is 423 g/mol. The molecule has 0 aliphatic carbocycles. The van der Waals surface area contributed by atoms with Crippen molar-refractivity contribution in [1.29, 1.82) is 0 Å². The van der Waals surface area contributed by atoms with Gasteiger partial charge in [-0.15, -0.1) is 0 Å². The van der Waals surface area contributed by atoms with Gasteiger partial charge in [-0.25, -0.2) is 4.39 Å². The third kappa shape index (κ3) is 6.45. The van der Waals surface area contributed by atoms with Crippen molar-refractivity contribution >= 4 is 16.0 Å². The summed E-state index contributed by atoms with van der Waals surface area (Å²) in [6.07, 6.45) is 0. The molecule has 0 unspecified atom stereocenters. The molecule has 0 atom stereocenters. The molecule has 6 nitrogen and oxygen atoms in total. The van der Waals surface area contributed by atoms with Gasteiger partial charge in [0.25, 0.3) is 0 Å². The van der Waals surface area contributed by atoms with Crippen LogP contribution in [-0.2, 0) is 28.0 Å². The lowest BCUT2D eigenvalue weighted by molar-refractivity contribution is -0.135. The Morgan fingerprint density at radius 3 is 2.17 bits per heavy atom. The SMILES string of the molecule is CCS(=O)(=O)Oc1cc(CN(Cc2ccc(F)cc2)C(=O)C(C)C)ccc1OC. The summed E-state index contributed by atoms with van der Waals surface area (Å²) in [6.45, 7) is 5.62. The van der Waals surface area contributed by atoms with Crippen molar-refractivity contribution in [2.75, 3.05) is 12.9 Å². The molecule has 0 spiro atoms.